The SMILES string of the molecule is CCC(CCC#N)(c1ccc(C(F)(F)F)cc1)n1ncc2c(NS(C)(=O)=O)cccc21.CCC(CCC#N)(c1ccccc1)n1ncc2c(NS(C)(=O)=O)cc(F)cc21. The van der Waals surface area contributed by atoms with Crippen molar-refractivity contribution in [2.24, 2.45) is 0 Å². The van der Waals surface area contributed by atoms with Gasteiger partial charge in [-0.15, -0.1) is 0 Å². The van der Waals surface area contributed by atoms with Crippen molar-refractivity contribution < 1.29 is 34.4 Å². The predicted octanol–water partition coefficient (Wildman–Crippen LogP) is 8.89. The second-order valence-electron chi connectivity index (χ2n) is 14.0. The summed E-state index contributed by atoms with van der Waals surface area (Å²) in [6.45, 7) is 3.87. The molecule has 0 fully saturated rings. The summed E-state index contributed by atoms with van der Waals surface area (Å²) in [6, 6.07) is 26.3. The molecule has 0 radical (unpaired) electrons. The van der Waals surface area contributed by atoms with Crippen molar-refractivity contribution in [2.45, 2.75) is 69.6 Å². The number of alkyl halides is 3. The molecule has 6 rings (SSSR count). The Morgan fingerprint density at radius 2 is 1.12 bits per heavy atom. The molecule has 2 atom stereocenters. The van der Waals surface area contributed by atoms with Crippen LogP contribution >= 0.6 is 0 Å². The van der Waals surface area contributed by atoms with Crippen LogP contribution in [0.2, 0.25) is 0 Å². The summed E-state index contributed by atoms with van der Waals surface area (Å²) in [5, 5.41) is 28.4. The summed E-state index contributed by atoms with van der Waals surface area (Å²) < 4.78 is 108. The van der Waals surface area contributed by atoms with Crippen molar-refractivity contribution in [1.29, 1.82) is 10.5 Å². The smallest absolute Gasteiger partial charge is 0.283 e. The van der Waals surface area contributed by atoms with E-state index < -0.39 is 48.7 Å². The van der Waals surface area contributed by atoms with Crippen LogP contribution in [0.4, 0.5) is 28.9 Å². The molecule has 0 aliphatic rings. The average Bonchev–Trinajstić information content (AvgIpc) is 3.82. The van der Waals surface area contributed by atoms with E-state index in [-0.39, 0.29) is 12.1 Å². The van der Waals surface area contributed by atoms with E-state index in [1.807, 2.05) is 44.2 Å². The molecular weight excluding hydrogens is 809 g/mol. The van der Waals surface area contributed by atoms with Gasteiger partial charge in [-0.3, -0.25) is 18.8 Å². The number of hydrogen-bond acceptors (Lipinski definition) is 8. The molecule has 0 saturated heterocycles. The monoisotopic (exact) mass is 850 g/mol. The highest BCUT2D eigenvalue weighted by molar-refractivity contribution is 7.92. The first-order valence-electron chi connectivity index (χ1n) is 18.4. The highest BCUT2D eigenvalue weighted by Gasteiger charge is 2.37. The van der Waals surface area contributed by atoms with Crippen LogP contribution in [-0.2, 0) is 37.3 Å². The van der Waals surface area contributed by atoms with Crippen LogP contribution in [0.3, 0.4) is 0 Å². The van der Waals surface area contributed by atoms with Crippen LogP contribution in [0.1, 0.15) is 69.1 Å². The van der Waals surface area contributed by atoms with Crippen LogP contribution in [0.25, 0.3) is 21.8 Å². The van der Waals surface area contributed by atoms with E-state index >= 15 is 0 Å². The minimum atomic E-state index is -4.45. The summed E-state index contributed by atoms with van der Waals surface area (Å²) in [5.41, 5.74) is 0.810. The summed E-state index contributed by atoms with van der Waals surface area (Å²) in [5.74, 6) is -0.571. The van der Waals surface area contributed by atoms with Gasteiger partial charge in [0.15, 0.2) is 0 Å². The Morgan fingerprint density at radius 1 is 0.644 bits per heavy atom. The number of benzene rings is 4. The lowest BCUT2D eigenvalue weighted by Crippen LogP contribution is -2.35. The first-order chi connectivity index (χ1) is 27.8. The number of sulfonamides is 2. The molecule has 2 aromatic heterocycles. The Bertz CT molecular complexity index is 2740. The fourth-order valence-electron chi connectivity index (χ4n) is 7.45. The molecular formula is C41H42F4N8O4S2. The number of aromatic nitrogens is 4. The van der Waals surface area contributed by atoms with Crippen molar-refractivity contribution >= 4 is 53.2 Å². The van der Waals surface area contributed by atoms with E-state index in [0.717, 1.165) is 36.3 Å². The topological polar surface area (TPSA) is 176 Å². The number of nitriles is 2. The zero-order valence-electron chi connectivity index (χ0n) is 32.6. The van der Waals surface area contributed by atoms with E-state index in [0.29, 0.717) is 65.2 Å². The van der Waals surface area contributed by atoms with Crippen LogP contribution in [0.5, 0.6) is 0 Å². The first kappa shape index (κ1) is 44.1. The minimum Gasteiger partial charge on any atom is -0.283 e. The van der Waals surface area contributed by atoms with Gasteiger partial charge < -0.3 is 0 Å². The van der Waals surface area contributed by atoms with Crippen molar-refractivity contribution in [3.05, 3.63) is 120 Å². The first-order valence-corrected chi connectivity index (χ1v) is 22.2. The summed E-state index contributed by atoms with van der Waals surface area (Å²) in [6.07, 6.45) is 3.02. The third-order valence-electron chi connectivity index (χ3n) is 10.2. The minimum absolute atomic E-state index is 0.141. The second-order valence-corrected chi connectivity index (χ2v) is 17.5. The Morgan fingerprint density at radius 3 is 1.61 bits per heavy atom. The van der Waals surface area contributed by atoms with Gasteiger partial charge in [0.1, 0.15) is 5.82 Å². The van der Waals surface area contributed by atoms with Crippen molar-refractivity contribution in [2.75, 3.05) is 22.0 Å². The van der Waals surface area contributed by atoms with Crippen LogP contribution < -0.4 is 9.44 Å². The molecule has 0 spiro atoms. The van der Waals surface area contributed by atoms with E-state index in [1.54, 1.807) is 27.6 Å². The number of fused-ring (bicyclic) bond motifs is 2. The van der Waals surface area contributed by atoms with Gasteiger partial charge in [0.25, 0.3) is 0 Å². The fraction of sp³-hybridized carbons (Fsp3) is 0.317. The standard InChI is InChI=1S/C21H21F3N4O2S.C20H21FN4O2S/c1-3-20(12-5-13-25,15-8-10-16(11-9-15)21(22,23)24)28-19-7-4-6-18(17(19)14-26-28)27-31(2,29)30;1-3-20(10-7-11-22,15-8-5-4-6-9-15)25-19-13-16(21)12-18(17(19)14-23-25)24-28(2,26)27/h4,6-11,14,27H,3,5,12H2,1-2H3;4-6,8-9,12-14,24H,3,7,10H2,1-2H3. The van der Waals surface area contributed by atoms with Gasteiger partial charge in [-0.05, 0) is 73.2 Å². The number of halogens is 4. The third kappa shape index (κ3) is 9.67. The molecule has 2 N–H and O–H groups in total. The molecule has 0 aliphatic heterocycles. The number of hydrogen-bond donors (Lipinski definition) is 2. The number of anilines is 2. The second kappa shape index (κ2) is 17.5. The van der Waals surface area contributed by atoms with Gasteiger partial charge in [0.05, 0.1) is 76.1 Å². The highest BCUT2D eigenvalue weighted by Crippen LogP contribution is 2.41. The molecule has 12 nitrogen and oxygen atoms in total. The molecule has 310 valence electrons. The molecule has 0 aliphatic carbocycles. The lowest BCUT2D eigenvalue weighted by Gasteiger charge is -2.34. The summed E-state index contributed by atoms with van der Waals surface area (Å²) in [4.78, 5) is 0. The largest absolute Gasteiger partial charge is 0.416 e. The quantitative estimate of drug-likeness (QED) is 0.102. The van der Waals surface area contributed by atoms with E-state index in [9.17, 15) is 44.9 Å². The Kier molecular flexibility index (Phi) is 13.1. The maximum Gasteiger partial charge on any atom is 0.416 e. The van der Waals surface area contributed by atoms with Crippen LogP contribution in [-0.4, -0.2) is 48.9 Å². The molecule has 4 aromatic carbocycles. The van der Waals surface area contributed by atoms with Gasteiger partial charge in [0, 0.05) is 23.6 Å². The zero-order chi connectivity index (χ0) is 43.2. The number of rotatable bonds is 14. The van der Waals surface area contributed by atoms with Crippen LogP contribution in [0, 0.1) is 28.5 Å². The van der Waals surface area contributed by atoms with E-state index in [1.165, 1.54) is 30.6 Å². The van der Waals surface area contributed by atoms with E-state index in [2.05, 4.69) is 31.8 Å². The Hall–Kier alpha value is -5.98. The zero-order valence-corrected chi connectivity index (χ0v) is 34.3. The molecule has 2 unspecified atom stereocenters. The third-order valence-corrected chi connectivity index (χ3v) is 11.4. The summed E-state index contributed by atoms with van der Waals surface area (Å²) in [7, 11) is -7.10. The fourth-order valence-corrected chi connectivity index (χ4v) is 8.59. The summed E-state index contributed by atoms with van der Waals surface area (Å²) >= 11 is 0. The Balaban J connectivity index is 0.000000225. The van der Waals surface area contributed by atoms with Gasteiger partial charge in [0.2, 0.25) is 20.0 Å². The number of nitrogens with zero attached hydrogens (tertiary/aromatic N) is 6. The van der Waals surface area contributed by atoms with Crippen molar-refractivity contribution in [3.8, 4) is 12.1 Å². The van der Waals surface area contributed by atoms with Gasteiger partial charge in [-0.2, -0.15) is 33.9 Å². The number of nitrogens with one attached hydrogen (secondary N) is 2. The molecule has 6 aromatic rings. The molecule has 59 heavy (non-hydrogen) atoms. The lowest BCUT2D eigenvalue weighted by molar-refractivity contribution is -0.137. The molecule has 18 heteroatoms. The van der Waals surface area contributed by atoms with Crippen molar-refractivity contribution in [3.63, 3.8) is 0 Å². The van der Waals surface area contributed by atoms with Crippen molar-refractivity contribution in [1.82, 2.24) is 19.6 Å². The van der Waals surface area contributed by atoms with Crippen LogP contribution in [0.15, 0.2) is 97.3 Å². The maximum atomic E-state index is 14.3. The maximum absolute atomic E-state index is 14.3. The normalized spacial score (nSPS) is 14.0. The van der Waals surface area contributed by atoms with Gasteiger partial charge in [-0.25, -0.2) is 21.2 Å². The van der Waals surface area contributed by atoms with E-state index in [4.69, 9.17) is 0 Å². The predicted molar refractivity (Wildman–Crippen MR) is 219 cm³/mol. The molecule has 0 amide bonds. The highest BCUT2D eigenvalue weighted by atomic mass is 32.2. The Labute approximate surface area is 340 Å². The van der Waals surface area contributed by atoms with Gasteiger partial charge >= 0.3 is 6.18 Å². The van der Waals surface area contributed by atoms with Gasteiger partial charge in [-0.1, -0.05) is 62.4 Å². The molecule has 0 bridgehead atoms. The molecule has 2 heterocycles. The lowest BCUT2D eigenvalue weighted by atomic mass is 9.82. The molecule has 0 saturated carbocycles. The average molecular weight is 851 g/mol.